The van der Waals surface area contributed by atoms with Crippen LogP contribution in [0.5, 0.6) is 0 Å². The van der Waals surface area contributed by atoms with Crippen molar-refractivity contribution < 1.29 is 8.78 Å². The Bertz CT molecular complexity index is 278. The first-order valence-electron chi connectivity index (χ1n) is 3.00. The van der Waals surface area contributed by atoms with Crippen LogP contribution >= 0.6 is 35.0 Å². The summed E-state index contributed by atoms with van der Waals surface area (Å²) in [6.45, 7) is 0. The predicted octanol–water partition coefficient (Wildman–Crippen LogP) is 4.31. The highest BCUT2D eigenvalue weighted by atomic mass is 35.5. The van der Waals surface area contributed by atoms with E-state index in [0.29, 0.717) is 21.7 Å². The summed E-state index contributed by atoms with van der Waals surface area (Å²) in [5.41, 5.74) is 0. The molecule has 0 aromatic heterocycles. The van der Waals surface area contributed by atoms with Crippen LogP contribution < -0.4 is 0 Å². The second-order valence-electron chi connectivity index (χ2n) is 1.93. The van der Waals surface area contributed by atoms with Crippen molar-refractivity contribution in [1.82, 2.24) is 0 Å². The molecule has 1 rings (SSSR count). The van der Waals surface area contributed by atoms with Crippen LogP contribution in [0, 0.1) is 0 Å². The van der Waals surface area contributed by atoms with Crippen molar-refractivity contribution in [2.24, 2.45) is 0 Å². The summed E-state index contributed by atoms with van der Waals surface area (Å²) >= 11 is 11.6. The van der Waals surface area contributed by atoms with Gasteiger partial charge >= 0.3 is 0 Å². The van der Waals surface area contributed by atoms with E-state index in [1.165, 1.54) is 6.07 Å². The van der Waals surface area contributed by atoms with Gasteiger partial charge in [0.05, 0.1) is 10.0 Å². The van der Waals surface area contributed by atoms with Gasteiger partial charge in [-0.15, -0.1) is 0 Å². The van der Waals surface area contributed by atoms with Gasteiger partial charge in [-0.1, -0.05) is 41.0 Å². The first-order valence-corrected chi connectivity index (χ1v) is 4.63. The van der Waals surface area contributed by atoms with Gasteiger partial charge in [0.2, 0.25) is 0 Å². The molecule has 0 heterocycles. The Balaban J connectivity index is 2.92. The van der Waals surface area contributed by atoms with Gasteiger partial charge in [0, 0.05) is 4.90 Å². The summed E-state index contributed by atoms with van der Waals surface area (Å²) in [5.74, 6) is -2.47. The monoisotopic (exact) mass is 228 g/mol. The summed E-state index contributed by atoms with van der Waals surface area (Å²) in [6.07, 6.45) is 0. The number of thioether (sulfide) groups is 1. The molecule has 0 amide bonds. The highest BCUT2D eigenvalue weighted by Gasteiger charge is 2.10. The molecule has 0 nitrogen and oxygen atoms in total. The lowest BCUT2D eigenvalue weighted by Gasteiger charge is -2.03. The maximum Gasteiger partial charge on any atom is 0.288 e. The fourth-order valence-electron chi connectivity index (χ4n) is 0.671. The minimum atomic E-state index is -2.47. The molecule has 0 atom stereocenters. The Morgan fingerprint density at radius 2 is 1.92 bits per heavy atom. The van der Waals surface area contributed by atoms with Gasteiger partial charge in [-0.3, -0.25) is 0 Å². The number of halogens is 4. The Kier molecular flexibility index (Phi) is 3.62. The third-order valence-corrected chi connectivity index (χ3v) is 2.84. The molecule has 1 aromatic carbocycles. The van der Waals surface area contributed by atoms with Gasteiger partial charge in [-0.2, -0.15) is 8.78 Å². The number of rotatable bonds is 2. The molecule has 0 unspecified atom stereocenters. The number of hydrogen-bond acceptors (Lipinski definition) is 1. The summed E-state index contributed by atoms with van der Waals surface area (Å²) in [7, 11) is 0. The third kappa shape index (κ3) is 2.51. The average molecular weight is 229 g/mol. The second-order valence-corrected chi connectivity index (χ2v) is 3.75. The molecule has 0 saturated heterocycles. The van der Waals surface area contributed by atoms with E-state index in [2.05, 4.69) is 0 Å². The summed E-state index contributed by atoms with van der Waals surface area (Å²) < 4.78 is 23.8. The van der Waals surface area contributed by atoms with Gasteiger partial charge in [0.1, 0.15) is 0 Å². The molecule has 0 aliphatic heterocycles. The second kappa shape index (κ2) is 4.30. The van der Waals surface area contributed by atoms with Crippen molar-refractivity contribution in [3.05, 3.63) is 28.2 Å². The molecule has 0 aliphatic carbocycles. The quantitative estimate of drug-likeness (QED) is 0.681. The lowest BCUT2D eigenvalue weighted by Crippen LogP contribution is -1.82. The fraction of sp³-hybridized carbons (Fsp3) is 0.143. The third-order valence-electron chi connectivity index (χ3n) is 1.13. The Labute approximate surface area is 82.9 Å². The molecule has 0 spiro atoms. The first-order chi connectivity index (χ1) is 5.61. The zero-order valence-corrected chi connectivity index (χ0v) is 8.06. The zero-order valence-electron chi connectivity index (χ0n) is 5.73. The highest BCUT2D eigenvalue weighted by Crippen LogP contribution is 2.35. The predicted molar refractivity (Wildman–Crippen MR) is 48.3 cm³/mol. The van der Waals surface area contributed by atoms with E-state index < -0.39 is 5.76 Å². The van der Waals surface area contributed by atoms with Crippen molar-refractivity contribution in [1.29, 1.82) is 0 Å². The van der Waals surface area contributed by atoms with Gasteiger partial charge in [0.15, 0.2) is 0 Å². The maximum absolute atomic E-state index is 11.9. The molecular weight excluding hydrogens is 225 g/mol. The summed E-state index contributed by atoms with van der Waals surface area (Å²) in [6, 6.07) is 4.64. The van der Waals surface area contributed by atoms with Crippen LogP contribution in [0.15, 0.2) is 23.1 Å². The van der Waals surface area contributed by atoms with Crippen molar-refractivity contribution in [2.45, 2.75) is 10.7 Å². The fourth-order valence-corrected chi connectivity index (χ4v) is 1.72. The van der Waals surface area contributed by atoms with Gasteiger partial charge in [-0.25, -0.2) is 0 Å². The number of hydrogen-bond donors (Lipinski definition) is 0. The molecule has 12 heavy (non-hydrogen) atoms. The maximum atomic E-state index is 11.9. The Morgan fingerprint density at radius 1 is 1.25 bits per heavy atom. The number of benzene rings is 1. The van der Waals surface area contributed by atoms with E-state index >= 15 is 0 Å². The van der Waals surface area contributed by atoms with Crippen molar-refractivity contribution in [3.63, 3.8) is 0 Å². The average Bonchev–Trinajstić information content (AvgIpc) is 1.98. The number of alkyl halides is 2. The van der Waals surface area contributed by atoms with Crippen molar-refractivity contribution in [3.8, 4) is 0 Å². The largest absolute Gasteiger partial charge is 0.288 e. The summed E-state index contributed by atoms with van der Waals surface area (Å²) in [5, 5.41) is 0.479. The van der Waals surface area contributed by atoms with E-state index in [1.54, 1.807) is 12.1 Å². The van der Waals surface area contributed by atoms with Crippen LogP contribution in [0.1, 0.15) is 0 Å². The van der Waals surface area contributed by atoms with Crippen LogP contribution in [0.25, 0.3) is 0 Å². The highest BCUT2D eigenvalue weighted by molar-refractivity contribution is 7.99. The molecule has 5 heteroatoms. The van der Waals surface area contributed by atoms with Crippen molar-refractivity contribution >= 4 is 35.0 Å². The van der Waals surface area contributed by atoms with Gasteiger partial charge < -0.3 is 0 Å². The lowest BCUT2D eigenvalue weighted by atomic mass is 10.4. The molecule has 0 fully saturated rings. The normalized spacial score (nSPS) is 10.8. The topological polar surface area (TPSA) is 0 Å². The van der Waals surface area contributed by atoms with E-state index in [1.807, 2.05) is 0 Å². The molecular formula is C7H4Cl2F2S. The molecule has 0 bridgehead atoms. The molecule has 0 radical (unpaired) electrons. The zero-order chi connectivity index (χ0) is 9.14. The van der Waals surface area contributed by atoms with Crippen LogP contribution in [0.4, 0.5) is 8.78 Å². The molecule has 1 aromatic rings. The molecule has 0 saturated carbocycles. The van der Waals surface area contributed by atoms with E-state index in [9.17, 15) is 8.78 Å². The smallest absolute Gasteiger partial charge is 0.198 e. The molecule has 0 N–H and O–H groups in total. The van der Waals surface area contributed by atoms with Crippen LogP contribution in [-0.4, -0.2) is 5.76 Å². The van der Waals surface area contributed by atoms with Crippen LogP contribution in [0.2, 0.25) is 10.0 Å². The minimum Gasteiger partial charge on any atom is -0.198 e. The van der Waals surface area contributed by atoms with E-state index in [-0.39, 0.29) is 5.02 Å². The van der Waals surface area contributed by atoms with Crippen molar-refractivity contribution in [2.75, 3.05) is 0 Å². The Hall–Kier alpha value is 0.01000. The molecule has 66 valence electrons. The SMILES string of the molecule is FC(F)Sc1cccc(Cl)c1Cl. The van der Waals surface area contributed by atoms with Crippen LogP contribution in [0.3, 0.4) is 0 Å². The Morgan fingerprint density at radius 3 is 2.50 bits per heavy atom. The lowest BCUT2D eigenvalue weighted by molar-refractivity contribution is 0.252. The first kappa shape index (κ1) is 10.1. The van der Waals surface area contributed by atoms with Gasteiger partial charge in [0.25, 0.3) is 5.76 Å². The molecule has 0 aliphatic rings. The van der Waals surface area contributed by atoms with E-state index in [4.69, 9.17) is 23.2 Å². The minimum absolute atomic E-state index is 0.185. The van der Waals surface area contributed by atoms with Crippen LogP contribution in [-0.2, 0) is 0 Å². The standard InChI is InChI=1S/C7H4Cl2F2S/c8-4-2-1-3-5(6(4)9)12-7(10)11/h1-3,7H. The van der Waals surface area contributed by atoms with Gasteiger partial charge in [-0.05, 0) is 12.1 Å². The summed E-state index contributed by atoms with van der Waals surface area (Å²) in [4.78, 5) is 0.305. The van der Waals surface area contributed by atoms with E-state index in [0.717, 1.165) is 0 Å².